The molecule has 142 valence electrons. The third kappa shape index (κ3) is 2.77. The van der Waals surface area contributed by atoms with E-state index in [1.54, 1.807) is 0 Å². The molecule has 0 amide bonds. The SMILES string of the molecule is c1ccc(N(c2ccccc2)c2ccc3ccc4sc5ccccc5c4c3c2)cc1. The number of fused-ring (bicyclic) bond motifs is 5. The van der Waals surface area contributed by atoms with Crippen molar-refractivity contribution in [2.45, 2.75) is 0 Å². The quantitative estimate of drug-likeness (QED) is 0.287. The van der Waals surface area contributed by atoms with Gasteiger partial charge in [-0.2, -0.15) is 0 Å². The summed E-state index contributed by atoms with van der Waals surface area (Å²) >= 11 is 1.87. The average molecular weight is 402 g/mol. The highest BCUT2D eigenvalue weighted by atomic mass is 32.1. The second-order valence-electron chi connectivity index (χ2n) is 7.45. The standard InChI is InChI=1S/C28H19NS/c1-3-9-21(10-4-1)29(22-11-5-2-6-12-22)23-17-15-20-16-18-27-28(25(20)19-23)24-13-7-8-14-26(24)30-27/h1-19H. The predicted molar refractivity (Wildman–Crippen MR) is 132 cm³/mol. The van der Waals surface area contributed by atoms with Crippen molar-refractivity contribution in [1.29, 1.82) is 0 Å². The van der Waals surface area contributed by atoms with Gasteiger partial charge in [0.25, 0.3) is 0 Å². The second kappa shape index (κ2) is 7.01. The van der Waals surface area contributed by atoms with Crippen LogP contribution in [-0.4, -0.2) is 0 Å². The van der Waals surface area contributed by atoms with Crippen LogP contribution < -0.4 is 4.90 Å². The van der Waals surface area contributed by atoms with Crippen molar-refractivity contribution < 1.29 is 0 Å². The van der Waals surface area contributed by atoms with Crippen LogP contribution in [0.15, 0.2) is 115 Å². The summed E-state index contributed by atoms with van der Waals surface area (Å²) in [6, 6.07) is 41.2. The molecule has 0 aliphatic carbocycles. The summed E-state index contributed by atoms with van der Waals surface area (Å²) in [6.07, 6.45) is 0. The molecule has 1 nitrogen and oxygen atoms in total. The zero-order valence-corrected chi connectivity index (χ0v) is 17.1. The van der Waals surface area contributed by atoms with Crippen molar-refractivity contribution in [2.24, 2.45) is 0 Å². The number of nitrogens with zero attached hydrogens (tertiary/aromatic N) is 1. The molecule has 0 radical (unpaired) electrons. The molecule has 0 unspecified atom stereocenters. The molecule has 0 aliphatic heterocycles. The molecule has 2 heteroatoms. The molecular weight excluding hydrogens is 382 g/mol. The van der Waals surface area contributed by atoms with E-state index in [1.165, 1.54) is 36.6 Å². The third-order valence-electron chi connectivity index (χ3n) is 5.63. The highest BCUT2D eigenvalue weighted by Gasteiger charge is 2.14. The smallest absolute Gasteiger partial charge is 0.0468 e. The van der Waals surface area contributed by atoms with Crippen molar-refractivity contribution in [2.75, 3.05) is 4.90 Å². The minimum atomic E-state index is 1.16. The van der Waals surface area contributed by atoms with E-state index in [2.05, 4.69) is 120 Å². The van der Waals surface area contributed by atoms with E-state index in [-0.39, 0.29) is 0 Å². The maximum atomic E-state index is 2.34. The van der Waals surface area contributed by atoms with Gasteiger partial charge in [-0.3, -0.25) is 0 Å². The molecule has 0 aliphatic rings. The Labute approximate surface area is 179 Å². The normalized spacial score (nSPS) is 11.3. The number of anilines is 3. The third-order valence-corrected chi connectivity index (χ3v) is 6.77. The first-order valence-electron chi connectivity index (χ1n) is 10.1. The number of para-hydroxylation sites is 2. The zero-order chi connectivity index (χ0) is 19.9. The Balaban J connectivity index is 1.65. The van der Waals surface area contributed by atoms with E-state index in [0.717, 1.165) is 11.4 Å². The number of benzene rings is 5. The summed E-state index contributed by atoms with van der Waals surface area (Å²) in [5, 5.41) is 5.28. The van der Waals surface area contributed by atoms with Crippen LogP contribution in [0.4, 0.5) is 17.1 Å². The lowest BCUT2D eigenvalue weighted by Crippen LogP contribution is -2.09. The van der Waals surface area contributed by atoms with Crippen molar-refractivity contribution in [3.05, 3.63) is 115 Å². The molecule has 0 bridgehead atoms. The van der Waals surface area contributed by atoms with Gasteiger partial charge in [0.05, 0.1) is 0 Å². The minimum Gasteiger partial charge on any atom is -0.310 e. The first-order chi connectivity index (χ1) is 14.9. The van der Waals surface area contributed by atoms with Crippen molar-refractivity contribution in [3.63, 3.8) is 0 Å². The lowest BCUT2D eigenvalue weighted by molar-refractivity contribution is 1.29. The van der Waals surface area contributed by atoms with E-state index in [9.17, 15) is 0 Å². The Bertz CT molecular complexity index is 1440. The van der Waals surface area contributed by atoms with Crippen LogP contribution in [0.1, 0.15) is 0 Å². The van der Waals surface area contributed by atoms with Crippen LogP contribution in [0.5, 0.6) is 0 Å². The van der Waals surface area contributed by atoms with Crippen LogP contribution in [0.25, 0.3) is 30.9 Å². The minimum absolute atomic E-state index is 1.16. The topological polar surface area (TPSA) is 3.24 Å². The summed E-state index contributed by atoms with van der Waals surface area (Å²) in [7, 11) is 0. The Kier molecular flexibility index (Phi) is 4.03. The second-order valence-corrected chi connectivity index (χ2v) is 8.53. The largest absolute Gasteiger partial charge is 0.310 e. The van der Waals surface area contributed by atoms with E-state index < -0.39 is 0 Å². The highest BCUT2D eigenvalue weighted by molar-refractivity contribution is 7.26. The molecule has 0 fully saturated rings. The van der Waals surface area contributed by atoms with Gasteiger partial charge in [0.2, 0.25) is 0 Å². The van der Waals surface area contributed by atoms with E-state index in [0.29, 0.717) is 0 Å². The predicted octanol–water partition coefficient (Wildman–Crippen LogP) is 8.68. The number of hydrogen-bond acceptors (Lipinski definition) is 2. The molecular formula is C28H19NS. The molecule has 6 rings (SSSR count). The number of hydrogen-bond donors (Lipinski definition) is 0. The van der Waals surface area contributed by atoms with Gasteiger partial charge in [-0.1, -0.05) is 66.7 Å². The molecule has 5 aromatic carbocycles. The molecule has 1 heterocycles. The van der Waals surface area contributed by atoms with Crippen molar-refractivity contribution >= 4 is 59.3 Å². The van der Waals surface area contributed by atoms with E-state index >= 15 is 0 Å². The molecule has 0 saturated carbocycles. The molecule has 1 aromatic heterocycles. The van der Waals surface area contributed by atoms with Gasteiger partial charge in [-0.25, -0.2) is 0 Å². The summed E-state index contributed by atoms with van der Waals surface area (Å²) in [5.41, 5.74) is 3.48. The first kappa shape index (κ1) is 17.3. The monoisotopic (exact) mass is 401 g/mol. The summed E-state index contributed by atoms with van der Waals surface area (Å²) in [4.78, 5) is 2.33. The summed E-state index contributed by atoms with van der Waals surface area (Å²) < 4.78 is 2.68. The van der Waals surface area contributed by atoms with Crippen LogP contribution in [0.3, 0.4) is 0 Å². The fraction of sp³-hybridized carbons (Fsp3) is 0. The fourth-order valence-corrected chi connectivity index (χ4v) is 5.39. The molecule has 0 spiro atoms. The van der Waals surface area contributed by atoms with Gasteiger partial charge in [-0.15, -0.1) is 11.3 Å². The lowest BCUT2D eigenvalue weighted by Gasteiger charge is -2.25. The Morgan fingerprint density at radius 1 is 0.467 bits per heavy atom. The number of thiophene rings is 1. The average Bonchev–Trinajstić information content (AvgIpc) is 3.20. The van der Waals surface area contributed by atoms with Crippen molar-refractivity contribution in [1.82, 2.24) is 0 Å². The maximum absolute atomic E-state index is 2.34. The van der Waals surface area contributed by atoms with Gasteiger partial charge in [-0.05, 0) is 59.3 Å². The zero-order valence-electron chi connectivity index (χ0n) is 16.3. The number of rotatable bonds is 3. The van der Waals surface area contributed by atoms with Crippen LogP contribution >= 0.6 is 11.3 Å². The van der Waals surface area contributed by atoms with Crippen LogP contribution in [0, 0.1) is 0 Å². The summed E-state index contributed by atoms with van der Waals surface area (Å²) in [5.74, 6) is 0. The first-order valence-corrected chi connectivity index (χ1v) is 10.9. The Morgan fingerprint density at radius 3 is 1.83 bits per heavy atom. The molecule has 0 saturated heterocycles. The van der Waals surface area contributed by atoms with Crippen LogP contribution in [0.2, 0.25) is 0 Å². The lowest BCUT2D eigenvalue weighted by atomic mass is 10.0. The van der Waals surface area contributed by atoms with Gasteiger partial charge in [0, 0.05) is 37.2 Å². The molecule has 30 heavy (non-hydrogen) atoms. The highest BCUT2D eigenvalue weighted by Crippen LogP contribution is 2.41. The Hall–Kier alpha value is -3.62. The molecule has 0 N–H and O–H groups in total. The maximum Gasteiger partial charge on any atom is 0.0468 e. The van der Waals surface area contributed by atoms with Gasteiger partial charge in [0.1, 0.15) is 0 Å². The molecule has 0 atom stereocenters. The van der Waals surface area contributed by atoms with Gasteiger partial charge < -0.3 is 4.90 Å². The van der Waals surface area contributed by atoms with E-state index in [1.807, 2.05) is 11.3 Å². The van der Waals surface area contributed by atoms with Crippen LogP contribution in [-0.2, 0) is 0 Å². The van der Waals surface area contributed by atoms with Gasteiger partial charge >= 0.3 is 0 Å². The van der Waals surface area contributed by atoms with E-state index in [4.69, 9.17) is 0 Å². The van der Waals surface area contributed by atoms with Gasteiger partial charge in [0.15, 0.2) is 0 Å². The fourth-order valence-electron chi connectivity index (χ4n) is 4.27. The van der Waals surface area contributed by atoms with Crippen molar-refractivity contribution in [3.8, 4) is 0 Å². The summed E-state index contributed by atoms with van der Waals surface area (Å²) in [6.45, 7) is 0. The molecule has 6 aromatic rings. The Morgan fingerprint density at radius 2 is 1.10 bits per heavy atom.